The Labute approximate surface area is 409 Å². The van der Waals surface area contributed by atoms with Gasteiger partial charge in [-0.15, -0.1) is 0 Å². The Kier molecular flexibility index (Phi) is 53.4. The molecule has 0 saturated heterocycles. The molecule has 5 nitrogen and oxygen atoms in total. The first kappa shape index (κ1) is 62.8. The van der Waals surface area contributed by atoms with Gasteiger partial charge in [-0.25, -0.2) is 0 Å². The Hall–Kier alpha value is -3.18. The molecule has 0 heterocycles. The van der Waals surface area contributed by atoms with Crippen LogP contribution in [-0.4, -0.2) is 37.9 Å². The number of rotatable bonds is 50. The average Bonchev–Trinajstić information content (AvgIpc) is 3.32. The summed E-state index contributed by atoms with van der Waals surface area (Å²) in [6.45, 7) is 7.61. The van der Waals surface area contributed by atoms with Gasteiger partial charge in [0, 0.05) is 19.4 Å². The lowest BCUT2D eigenvalue weighted by molar-refractivity contribution is -0.163. The van der Waals surface area contributed by atoms with Crippen LogP contribution in [0.25, 0.3) is 0 Å². The van der Waals surface area contributed by atoms with Crippen LogP contribution in [0, 0.1) is 0 Å². The summed E-state index contributed by atoms with van der Waals surface area (Å²) >= 11 is 0. The van der Waals surface area contributed by atoms with Crippen LogP contribution in [0.1, 0.15) is 252 Å². The van der Waals surface area contributed by atoms with E-state index in [1.54, 1.807) is 0 Å². The first-order chi connectivity index (χ1) is 32.6. The van der Waals surface area contributed by atoms with Crippen LogP contribution in [0.4, 0.5) is 0 Å². The van der Waals surface area contributed by atoms with E-state index in [0.717, 1.165) is 103 Å². The van der Waals surface area contributed by atoms with E-state index in [4.69, 9.17) is 14.2 Å². The molecule has 0 radical (unpaired) electrons. The molecule has 0 fully saturated rings. The van der Waals surface area contributed by atoms with Gasteiger partial charge < -0.3 is 14.2 Å². The van der Waals surface area contributed by atoms with Gasteiger partial charge in [-0.2, -0.15) is 0 Å². The predicted octanol–water partition coefficient (Wildman–Crippen LogP) is 19.0. The first-order valence-corrected chi connectivity index (χ1v) is 27.8. The van der Waals surface area contributed by atoms with Crippen molar-refractivity contribution in [2.45, 2.75) is 258 Å². The molecule has 5 heteroatoms. The minimum atomic E-state index is -0.563. The van der Waals surface area contributed by atoms with Crippen molar-refractivity contribution in [2.24, 2.45) is 0 Å². The third kappa shape index (κ3) is 53.4. The second-order valence-corrected chi connectivity index (χ2v) is 18.1. The number of hydrogen-bond acceptors (Lipinski definition) is 5. The highest BCUT2D eigenvalue weighted by atomic mass is 16.6. The maximum Gasteiger partial charge on any atom is 0.306 e. The largest absolute Gasteiger partial charge is 0.462 e. The highest BCUT2D eigenvalue weighted by Gasteiger charge is 2.17. The zero-order valence-corrected chi connectivity index (χ0v) is 43.4. The molecule has 0 aromatic heterocycles. The van der Waals surface area contributed by atoms with E-state index < -0.39 is 6.10 Å². The van der Waals surface area contributed by atoms with Crippen molar-refractivity contribution >= 4 is 11.9 Å². The van der Waals surface area contributed by atoms with Crippen LogP contribution in [-0.2, 0) is 23.8 Å². The van der Waals surface area contributed by atoms with Crippen LogP contribution in [0.15, 0.2) is 97.2 Å². The topological polar surface area (TPSA) is 61.8 Å². The van der Waals surface area contributed by atoms with Gasteiger partial charge in [0.2, 0.25) is 0 Å². The van der Waals surface area contributed by atoms with E-state index in [1.165, 1.54) is 116 Å². The predicted molar refractivity (Wildman–Crippen MR) is 288 cm³/mol. The summed E-state index contributed by atoms with van der Waals surface area (Å²) in [5, 5.41) is 0. The minimum absolute atomic E-state index is 0.0631. The van der Waals surface area contributed by atoms with Crippen molar-refractivity contribution in [2.75, 3.05) is 19.8 Å². The molecule has 0 saturated carbocycles. The lowest BCUT2D eigenvalue weighted by Crippen LogP contribution is -2.30. The van der Waals surface area contributed by atoms with E-state index in [2.05, 4.69) is 118 Å². The summed E-state index contributed by atoms with van der Waals surface area (Å²) in [6, 6.07) is 0. The number of esters is 2. The lowest BCUT2D eigenvalue weighted by Gasteiger charge is -2.18. The number of hydrogen-bond donors (Lipinski definition) is 0. The van der Waals surface area contributed by atoms with Crippen molar-refractivity contribution in [1.82, 2.24) is 0 Å². The Morgan fingerprint density at radius 3 is 1.14 bits per heavy atom. The highest BCUT2D eigenvalue weighted by Crippen LogP contribution is 2.13. The number of unbranched alkanes of at least 4 members (excludes halogenated alkanes) is 23. The third-order valence-electron chi connectivity index (χ3n) is 11.6. The molecule has 0 aliphatic heterocycles. The first-order valence-electron chi connectivity index (χ1n) is 27.8. The number of carbonyl (C=O) groups is 2. The van der Waals surface area contributed by atoms with E-state index in [-0.39, 0.29) is 25.2 Å². The van der Waals surface area contributed by atoms with Gasteiger partial charge in [0.1, 0.15) is 6.61 Å². The lowest BCUT2D eigenvalue weighted by atomic mass is 10.1. The van der Waals surface area contributed by atoms with Crippen LogP contribution in [0.3, 0.4) is 0 Å². The molecule has 0 N–H and O–H groups in total. The summed E-state index contributed by atoms with van der Waals surface area (Å²) in [5.41, 5.74) is 0. The average molecular weight is 917 g/mol. The molecule has 0 aliphatic carbocycles. The van der Waals surface area contributed by atoms with Gasteiger partial charge in [-0.05, 0) is 122 Å². The monoisotopic (exact) mass is 917 g/mol. The van der Waals surface area contributed by atoms with Gasteiger partial charge in [0.25, 0.3) is 0 Å². The van der Waals surface area contributed by atoms with Crippen molar-refractivity contribution in [1.29, 1.82) is 0 Å². The van der Waals surface area contributed by atoms with E-state index in [0.29, 0.717) is 19.4 Å². The summed E-state index contributed by atoms with van der Waals surface area (Å²) in [4.78, 5) is 25.5. The second-order valence-electron chi connectivity index (χ2n) is 18.1. The normalized spacial score (nSPS) is 13.0. The molecule has 378 valence electrons. The SMILES string of the molecule is CC/C=C\C/C=C\C/C=C\C/C=C\C/C=C\CCCCCCOCC(COC(=O)CCCCCCCCC/C=C\C/C=C\CCCCC)OC(=O)CCCCCCC/C=C\CCCCCC. The van der Waals surface area contributed by atoms with Gasteiger partial charge >= 0.3 is 11.9 Å². The smallest absolute Gasteiger partial charge is 0.306 e. The van der Waals surface area contributed by atoms with Gasteiger partial charge in [-0.1, -0.05) is 214 Å². The van der Waals surface area contributed by atoms with E-state index in [1.807, 2.05) is 0 Å². The van der Waals surface area contributed by atoms with Crippen LogP contribution in [0.5, 0.6) is 0 Å². The van der Waals surface area contributed by atoms with Crippen LogP contribution in [0.2, 0.25) is 0 Å². The molecule has 0 spiro atoms. The number of ether oxygens (including phenoxy) is 3. The summed E-state index contributed by atoms with van der Waals surface area (Å²) in [5.74, 6) is -0.431. The van der Waals surface area contributed by atoms with Gasteiger partial charge in [0.05, 0.1) is 6.61 Å². The molecule has 0 aromatic rings. The number of carbonyl (C=O) groups excluding carboxylic acids is 2. The van der Waals surface area contributed by atoms with Crippen LogP contribution < -0.4 is 0 Å². The molecule has 0 bridgehead atoms. The Morgan fingerprint density at radius 1 is 0.348 bits per heavy atom. The fraction of sp³-hybridized carbons (Fsp3) is 0.705. The third-order valence-corrected chi connectivity index (χ3v) is 11.6. The molecule has 0 aliphatic rings. The summed E-state index contributed by atoms with van der Waals surface area (Å²) in [6.07, 6.45) is 75.6. The fourth-order valence-corrected chi connectivity index (χ4v) is 7.44. The molecule has 0 aromatic carbocycles. The van der Waals surface area contributed by atoms with Crippen molar-refractivity contribution in [3.8, 4) is 0 Å². The molecule has 66 heavy (non-hydrogen) atoms. The molecular weight excluding hydrogens is 813 g/mol. The summed E-state index contributed by atoms with van der Waals surface area (Å²) in [7, 11) is 0. The highest BCUT2D eigenvalue weighted by molar-refractivity contribution is 5.70. The Bertz CT molecular complexity index is 1270. The van der Waals surface area contributed by atoms with Crippen LogP contribution >= 0.6 is 0 Å². The standard InChI is InChI=1S/C61H104O5/c1-4-7-10-13-16-19-22-25-27-29-30-31-33-35-38-41-44-47-50-53-56-64-57-59(66-61(63)55-52-49-46-43-40-36-24-21-18-15-12-9-6-3)58-65-60(62)54-51-48-45-42-39-37-34-32-28-26-23-20-17-14-11-8-5-2/h7,10,16-17,19-21,24-28,30-31,35,38,59H,4-6,8-9,11-15,18,22-23,29,32-34,36-37,39-58H2,1-3H3/b10-7-,19-16-,20-17-,24-21-,27-25-,28-26-,31-30-,38-35-. The van der Waals surface area contributed by atoms with Crippen molar-refractivity contribution < 1.29 is 23.8 Å². The Balaban J connectivity index is 4.34. The minimum Gasteiger partial charge on any atom is -0.462 e. The zero-order chi connectivity index (χ0) is 47.7. The molecule has 0 amide bonds. The van der Waals surface area contributed by atoms with Gasteiger partial charge in [0.15, 0.2) is 6.10 Å². The Morgan fingerprint density at radius 2 is 0.682 bits per heavy atom. The van der Waals surface area contributed by atoms with Crippen molar-refractivity contribution in [3.05, 3.63) is 97.2 Å². The molecule has 0 rings (SSSR count). The van der Waals surface area contributed by atoms with E-state index >= 15 is 0 Å². The van der Waals surface area contributed by atoms with Gasteiger partial charge in [-0.3, -0.25) is 9.59 Å². The van der Waals surface area contributed by atoms with E-state index in [9.17, 15) is 9.59 Å². The maximum absolute atomic E-state index is 12.8. The second kappa shape index (κ2) is 56.1. The molecule has 1 unspecified atom stereocenters. The fourth-order valence-electron chi connectivity index (χ4n) is 7.44. The molecular formula is C61H104O5. The number of allylic oxidation sites excluding steroid dienone is 16. The maximum atomic E-state index is 12.8. The molecule has 1 atom stereocenters. The van der Waals surface area contributed by atoms with Crippen molar-refractivity contribution in [3.63, 3.8) is 0 Å². The summed E-state index contributed by atoms with van der Waals surface area (Å²) < 4.78 is 17.4. The zero-order valence-electron chi connectivity index (χ0n) is 43.4. The quantitative estimate of drug-likeness (QED) is 0.0346.